The lowest BCUT2D eigenvalue weighted by atomic mass is 10.2. The first-order valence-corrected chi connectivity index (χ1v) is 6.32. The summed E-state index contributed by atoms with van der Waals surface area (Å²) in [4.78, 5) is 23.1. The van der Waals surface area contributed by atoms with Gasteiger partial charge in [0.1, 0.15) is 11.5 Å². The third-order valence-electron chi connectivity index (χ3n) is 2.67. The first-order valence-electron chi connectivity index (χ1n) is 6.32. The van der Waals surface area contributed by atoms with Crippen molar-refractivity contribution in [1.29, 1.82) is 0 Å². The van der Waals surface area contributed by atoms with Gasteiger partial charge in [0, 0.05) is 18.7 Å². The summed E-state index contributed by atoms with van der Waals surface area (Å²) in [6, 6.07) is 13.3. The van der Waals surface area contributed by atoms with Crippen LogP contribution in [0.1, 0.15) is 17.3 Å². The summed E-state index contributed by atoms with van der Waals surface area (Å²) in [5.41, 5.74) is 0.956. The molecule has 1 amide bonds. The summed E-state index contributed by atoms with van der Waals surface area (Å²) in [5, 5.41) is 2.63. The number of rotatable bonds is 4. The van der Waals surface area contributed by atoms with Crippen LogP contribution in [0.4, 0.5) is 5.69 Å². The lowest BCUT2D eigenvalue weighted by molar-refractivity contribution is -0.114. The van der Waals surface area contributed by atoms with Crippen molar-refractivity contribution in [2.45, 2.75) is 6.92 Å². The maximum Gasteiger partial charge on any atom is 0.343 e. The number of carbonyl (C=O) groups excluding carboxylic acids is 2. The van der Waals surface area contributed by atoms with E-state index in [1.165, 1.54) is 14.0 Å². The molecule has 0 fully saturated rings. The van der Waals surface area contributed by atoms with Crippen molar-refractivity contribution in [3.8, 4) is 11.5 Å². The van der Waals surface area contributed by atoms with Gasteiger partial charge in [-0.3, -0.25) is 4.79 Å². The topological polar surface area (TPSA) is 64.6 Å². The number of ether oxygens (including phenoxy) is 2. The van der Waals surface area contributed by atoms with Crippen LogP contribution in [0.25, 0.3) is 0 Å². The number of carbonyl (C=O) groups is 2. The Kier molecular flexibility index (Phi) is 4.56. The number of anilines is 1. The Hall–Kier alpha value is -2.82. The second-order valence-corrected chi connectivity index (χ2v) is 4.33. The molecular formula is C16H15NO4. The molecule has 108 valence electrons. The average Bonchev–Trinajstić information content (AvgIpc) is 2.47. The molecule has 0 aliphatic carbocycles. The molecule has 5 nitrogen and oxygen atoms in total. The number of esters is 1. The van der Waals surface area contributed by atoms with Crippen LogP contribution in [0.3, 0.4) is 0 Å². The van der Waals surface area contributed by atoms with Crippen molar-refractivity contribution < 1.29 is 19.1 Å². The Balaban J connectivity index is 2.13. The van der Waals surface area contributed by atoms with E-state index in [2.05, 4.69) is 5.32 Å². The third kappa shape index (κ3) is 4.07. The largest absolute Gasteiger partial charge is 0.497 e. The summed E-state index contributed by atoms with van der Waals surface area (Å²) < 4.78 is 10.3. The Labute approximate surface area is 122 Å². The minimum Gasteiger partial charge on any atom is -0.497 e. The molecule has 5 heteroatoms. The van der Waals surface area contributed by atoms with Crippen molar-refractivity contribution in [1.82, 2.24) is 0 Å². The van der Waals surface area contributed by atoms with Gasteiger partial charge in [-0.2, -0.15) is 0 Å². The Morgan fingerprint density at radius 3 is 2.43 bits per heavy atom. The van der Waals surface area contributed by atoms with Gasteiger partial charge in [0.25, 0.3) is 0 Å². The quantitative estimate of drug-likeness (QED) is 0.693. The summed E-state index contributed by atoms with van der Waals surface area (Å²) in [6.45, 7) is 1.41. The number of amides is 1. The highest BCUT2D eigenvalue weighted by molar-refractivity contribution is 5.92. The molecule has 0 saturated carbocycles. The normalized spacial score (nSPS) is 9.81. The van der Waals surface area contributed by atoms with Crippen LogP contribution in [0, 0.1) is 0 Å². The van der Waals surface area contributed by atoms with E-state index in [1.54, 1.807) is 48.5 Å². The number of hydrogen-bond donors (Lipinski definition) is 1. The van der Waals surface area contributed by atoms with Crippen molar-refractivity contribution in [2.75, 3.05) is 12.4 Å². The highest BCUT2D eigenvalue weighted by Gasteiger charge is 2.10. The lowest BCUT2D eigenvalue weighted by Gasteiger charge is -2.07. The van der Waals surface area contributed by atoms with Gasteiger partial charge in [-0.15, -0.1) is 0 Å². The Morgan fingerprint density at radius 1 is 1.00 bits per heavy atom. The molecule has 0 bridgehead atoms. The average molecular weight is 285 g/mol. The third-order valence-corrected chi connectivity index (χ3v) is 2.67. The van der Waals surface area contributed by atoms with Crippen LogP contribution in [-0.4, -0.2) is 19.0 Å². The van der Waals surface area contributed by atoms with E-state index in [9.17, 15) is 9.59 Å². The maximum atomic E-state index is 12.1. The van der Waals surface area contributed by atoms with Crippen LogP contribution in [0.2, 0.25) is 0 Å². The molecule has 0 aliphatic heterocycles. The van der Waals surface area contributed by atoms with E-state index < -0.39 is 5.97 Å². The van der Waals surface area contributed by atoms with Crippen LogP contribution >= 0.6 is 0 Å². The van der Waals surface area contributed by atoms with E-state index in [1.807, 2.05) is 0 Å². The number of benzene rings is 2. The second-order valence-electron chi connectivity index (χ2n) is 4.33. The van der Waals surface area contributed by atoms with Crippen LogP contribution in [-0.2, 0) is 4.79 Å². The Morgan fingerprint density at radius 2 is 1.71 bits per heavy atom. The molecule has 0 atom stereocenters. The smallest absolute Gasteiger partial charge is 0.343 e. The van der Waals surface area contributed by atoms with Gasteiger partial charge in [-0.05, 0) is 30.3 Å². The molecule has 0 unspecified atom stereocenters. The van der Waals surface area contributed by atoms with Crippen molar-refractivity contribution in [3.05, 3.63) is 54.1 Å². The van der Waals surface area contributed by atoms with Crippen molar-refractivity contribution >= 4 is 17.6 Å². The van der Waals surface area contributed by atoms with Gasteiger partial charge < -0.3 is 14.8 Å². The summed E-state index contributed by atoms with van der Waals surface area (Å²) in [6.07, 6.45) is 0. The predicted octanol–water partition coefficient (Wildman–Crippen LogP) is 2.87. The predicted molar refractivity (Wildman–Crippen MR) is 78.7 cm³/mol. The van der Waals surface area contributed by atoms with Crippen LogP contribution < -0.4 is 14.8 Å². The highest BCUT2D eigenvalue weighted by Crippen LogP contribution is 2.20. The van der Waals surface area contributed by atoms with E-state index in [0.29, 0.717) is 22.7 Å². The van der Waals surface area contributed by atoms with E-state index in [0.717, 1.165) is 0 Å². The standard InChI is InChI=1S/C16H15NO4/c1-11(18)17-13-6-4-8-15(10-13)21-16(19)12-5-3-7-14(9-12)20-2/h3-10H,1-2H3,(H,17,18). The molecule has 0 spiro atoms. The zero-order valence-corrected chi connectivity index (χ0v) is 11.8. The molecular weight excluding hydrogens is 270 g/mol. The molecule has 0 aliphatic rings. The molecule has 0 saturated heterocycles. The lowest BCUT2D eigenvalue weighted by Crippen LogP contribution is -2.09. The van der Waals surface area contributed by atoms with Gasteiger partial charge in [0.05, 0.1) is 12.7 Å². The fraction of sp³-hybridized carbons (Fsp3) is 0.125. The summed E-state index contributed by atoms with van der Waals surface area (Å²) in [5.74, 6) is 0.255. The van der Waals surface area contributed by atoms with Crippen molar-refractivity contribution in [2.24, 2.45) is 0 Å². The van der Waals surface area contributed by atoms with Gasteiger partial charge in [-0.25, -0.2) is 4.79 Å². The molecule has 1 N–H and O–H groups in total. The first kappa shape index (κ1) is 14.6. The molecule has 0 aromatic heterocycles. The fourth-order valence-electron chi connectivity index (χ4n) is 1.76. The van der Waals surface area contributed by atoms with Crippen LogP contribution in [0.15, 0.2) is 48.5 Å². The molecule has 2 aromatic carbocycles. The van der Waals surface area contributed by atoms with Gasteiger partial charge in [0.2, 0.25) is 5.91 Å². The van der Waals surface area contributed by atoms with E-state index in [-0.39, 0.29) is 5.91 Å². The number of methoxy groups -OCH3 is 1. The first-order chi connectivity index (χ1) is 10.1. The van der Waals surface area contributed by atoms with Gasteiger partial charge >= 0.3 is 5.97 Å². The van der Waals surface area contributed by atoms with E-state index >= 15 is 0 Å². The maximum absolute atomic E-state index is 12.1. The zero-order valence-electron chi connectivity index (χ0n) is 11.8. The van der Waals surface area contributed by atoms with Crippen LogP contribution in [0.5, 0.6) is 11.5 Å². The molecule has 21 heavy (non-hydrogen) atoms. The molecule has 0 heterocycles. The minimum absolute atomic E-state index is 0.189. The Bertz CT molecular complexity index is 667. The number of hydrogen-bond acceptors (Lipinski definition) is 4. The zero-order chi connectivity index (χ0) is 15.2. The molecule has 2 aromatic rings. The van der Waals surface area contributed by atoms with Gasteiger partial charge in [-0.1, -0.05) is 12.1 Å². The molecule has 0 radical (unpaired) electrons. The molecule has 2 rings (SSSR count). The highest BCUT2D eigenvalue weighted by atomic mass is 16.5. The van der Waals surface area contributed by atoms with E-state index in [4.69, 9.17) is 9.47 Å². The second kappa shape index (κ2) is 6.56. The van der Waals surface area contributed by atoms with Crippen molar-refractivity contribution in [3.63, 3.8) is 0 Å². The summed E-state index contributed by atoms with van der Waals surface area (Å²) >= 11 is 0. The number of nitrogens with one attached hydrogen (secondary N) is 1. The van der Waals surface area contributed by atoms with Gasteiger partial charge in [0.15, 0.2) is 0 Å². The summed E-state index contributed by atoms with van der Waals surface area (Å²) in [7, 11) is 1.53. The minimum atomic E-state index is -0.492. The SMILES string of the molecule is COc1cccc(C(=O)Oc2cccc(NC(C)=O)c2)c1. The fourth-order valence-corrected chi connectivity index (χ4v) is 1.76. The monoisotopic (exact) mass is 285 g/mol.